The van der Waals surface area contributed by atoms with Crippen molar-refractivity contribution in [1.82, 2.24) is 10.2 Å². The summed E-state index contributed by atoms with van der Waals surface area (Å²) in [5, 5.41) is 3.84. The molecule has 3 rings (SSSR count). The molecule has 0 radical (unpaired) electrons. The summed E-state index contributed by atoms with van der Waals surface area (Å²) in [5.74, 6) is -0.230. The number of halogens is 1. The van der Waals surface area contributed by atoms with Gasteiger partial charge in [-0.15, -0.1) is 0 Å². The lowest BCUT2D eigenvalue weighted by Crippen LogP contribution is -2.45. The van der Waals surface area contributed by atoms with Crippen molar-refractivity contribution in [3.63, 3.8) is 0 Å². The van der Waals surface area contributed by atoms with Crippen molar-refractivity contribution in [3.05, 3.63) is 34.9 Å². The molecule has 2 fully saturated rings. The van der Waals surface area contributed by atoms with Crippen molar-refractivity contribution < 1.29 is 4.79 Å². The van der Waals surface area contributed by atoms with Crippen molar-refractivity contribution in [1.29, 1.82) is 0 Å². The zero-order chi connectivity index (χ0) is 16.8. The van der Waals surface area contributed by atoms with Gasteiger partial charge in [-0.1, -0.05) is 44.5 Å². The number of hydrogen-bond acceptors (Lipinski definition) is 2. The SMILES string of the molecule is CC1(C)C[C@H]2C[C@](C)(CN2C(=S)NC(=O)c2ccccc2Cl)C1. The number of rotatable bonds is 1. The Labute approximate surface area is 148 Å². The first-order valence-electron chi connectivity index (χ1n) is 8.06. The fraction of sp³-hybridized carbons (Fsp3) is 0.556. The van der Waals surface area contributed by atoms with Crippen molar-refractivity contribution in [2.24, 2.45) is 10.8 Å². The maximum absolute atomic E-state index is 12.4. The van der Waals surface area contributed by atoms with Crippen LogP contribution in [0.2, 0.25) is 5.02 Å². The van der Waals surface area contributed by atoms with Crippen LogP contribution >= 0.6 is 23.8 Å². The van der Waals surface area contributed by atoms with Crippen molar-refractivity contribution in [3.8, 4) is 0 Å². The van der Waals surface area contributed by atoms with E-state index in [1.807, 2.05) is 6.07 Å². The summed E-state index contributed by atoms with van der Waals surface area (Å²) in [7, 11) is 0. The number of hydrogen-bond donors (Lipinski definition) is 1. The second kappa shape index (κ2) is 5.75. The molecule has 1 saturated heterocycles. The number of carbonyl (C=O) groups excluding carboxylic acids is 1. The molecule has 1 aromatic carbocycles. The molecule has 2 aliphatic rings. The van der Waals surface area contributed by atoms with E-state index in [4.69, 9.17) is 23.8 Å². The first-order chi connectivity index (χ1) is 10.7. The molecule has 1 amide bonds. The zero-order valence-electron chi connectivity index (χ0n) is 13.9. The first kappa shape index (κ1) is 16.7. The molecule has 0 unspecified atom stereocenters. The van der Waals surface area contributed by atoms with Gasteiger partial charge in [-0.25, -0.2) is 0 Å². The highest BCUT2D eigenvalue weighted by atomic mass is 35.5. The lowest BCUT2D eigenvalue weighted by molar-refractivity contribution is 0.0972. The topological polar surface area (TPSA) is 32.3 Å². The zero-order valence-corrected chi connectivity index (χ0v) is 15.4. The highest BCUT2D eigenvalue weighted by Gasteiger charge is 2.50. The van der Waals surface area contributed by atoms with Gasteiger partial charge >= 0.3 is 0 Å². The van der Waals surface area contributed by atoms with Crippen LogP contribution in [0.15, 0.2) is 24.3 Å². The van der Waals surface area contributed by atoms with Gasteiger partial charge in [0.25, 0.3) is 5.91 Å². The van der Waals surface area contributed by atoms with Gasteiger partial charge in [0, 0.05) is 12.6 Å². The molecule has 2 atom stereocenters. The summed E-state index contributed by atoms with van der Waals surface area (Å²) in [6.07, 6.45) is 3.47. The highest BCUT2D eigenvalue weighted by Crippen LogP contribution is 2.52. The van der Waals surface area contributed by atoms with Gasteiger partial charge in [-0.3, -0.25) is 10.1 Å². The molecule has 1 saturated carbocycles. The molecule has 1 aliphatic heterocycles. The van der Waals surface area contributed by atoms with Gasteiger partial charge in [-0.05, 0) is 54.4 Å². The molecule has 1 N–H and O–H groups in total. The molecule has 0 aromatic heterocycles. The van der Waals surface area contributed by atoms with Gasteiger partial charge in [0.1, 0.15) is 0 Å². The monoisotopic (exact) mass is 350 g/mol. The summed E-state index contributed by atoms with van der Waals surface area (Å²) in [5.41, 5.74) is 1.07. The van der Waals surface area contributed by atoms with Gasteiger partial charge in [0.05, 0.1) is 10.6 Å². The molecular formula is C18H23ClN2OS. The van der Waals surface area contributed by atoms with Crippen LogP contribution in [-0.2, 0) is 0 Å². The molecule has 2 bridgehead atoms. The predicted octanol–water partition coefficient (Wildman–Crippen LogP) is 4.26. The number of nitrogens with one attached hydrogen (secondary N) is 1. The maximum Gasteiger partial charge on any atom is 0.258 e. The lowest BCUT2D eigenvalue weighted by Gasteiger charge is -2.39. The van der Waals surface area contributed by atoms with Crippen LogP contribution in [0.1, 0.15) is 50.4 Å². The molecule has 5 heteroatoms. The number of nitrogens with zero attached hydrogens (tertiary/aromatic N) is 1. The van der Waals surface area contributed by atoms with E-state index >= 15 is 0 Å². The Morgan fingerprint density at radius 3 is 2.70 bits per heavy atom. The molecule has 124 valence electrons. The van der Waals surface area contributed by atoms with Crippen molar-refractivity contribution in [2.75, 3.05) is 6.54 Å². The van der Waals surface area contributed by atoms with Crippen LogP contribution < -0.4 is 5.32 Å². The van der Waals surface area contributed by atoms with Crippen LogP contribution in [-0.4, -0.2) is 28.5 Å². The van der Waals surface area contributed by atoms with Gasteiger partial charge in [0.15, 0.2) is 5.11 Å². The fourth-order valence-corrected chi connectivity index (χ4v) is 5.11. The van der Waals surface area contributed by atoms with E-state index in [0.717, 1.165) is 19.4 Å². The minimum atomic E-state index is -0.230. The first-order valence-corrected chi connectivity index (χ1v) is 8.84. The summed E-state index contributed by atoms with van der Waals surface area (Å²) < 4.78 is 0. The number of likely N-dealkylation sites (tertiary alicyclic amines) is 1. The van der Waals surface area contributed by atoms with Gasteiger partial charge in [-0.2, -0.15) is 0 Å². The molecule has 3 nitrogen and oxygen atoms in total. The Hall–Kier alpha value is -1.13. The van der Waals surface area contributed by atoms with E-state index in [1.165, 1.54) is 6.42 Å². The van der Waals surface area contributed by atoms with Crippen LogP contribution in [0.3, 0.4) is 0 Å². The maximum atomic E-state index is 12.4. The van der Waals surface area contributed by atoms with Crippen molar-refractivity contribution in [2.45, 2.75) is 46.1 Å². The molecule has 1 aliphatic carbocycles. The quantitative estimate of drug-likeness (QED) is 0.768. The number of fused-ring (bicyclic) bond motifs is 2. The Balaban J connectivity index is 1.72. The Morgan fingerprint density at radius 2 is 2.00 bits per heavy atom. The smallest absolute Gasteiger partial charge is 0.258 e. The second-order valence-electron chi connectivity index (χ2n) is 8.08. The Morgan fingerprint density at radius 1 is 1.30 bits per heavy atom. The van der Waals surface area contributed by atoms with Gasteiger partial charge in [0.2, 0.25) is 0 Å². The molecular weight excluding hydrogens is 328 g/mol. The third kappa shape index (κ3) is 3.38. The summed E-state index contributed by atoms with van der Waals surface area (Å²) >= 11 is 11.6. The molecule has 0 spiro atoms. The lowest BCUT2D eigenvalue weighted by atomic mass is 9.65. The van der Waals surface area contributed by atoms with Crippen LogP contribution in [0.5, 0.6) is 0 Å². The van der Waals surface area contributed by atoms with Crippen LogP contribution in [0, 0.1) is 10.8 Å². The average Bonchev–Trinajstić information content (AvgIpc) is 2.68. The molecule has 23 heavy (non-hydrogen) atoms. The normalized spacial score (nSPS) is 28.5. The summed E-state index contributed by atoms with van der Waals surface area (Å²) in [4.78, 5) is 14.6. The summed E-state index contributed by atoms with van der Waals surface area (Å²) in [6.45, 7) is 7.90. The van der Waals surface area contributed by atoms with E-state index in [1.54, 1.807) is 18.2 Å². The molecule has 1 aromatic rings. The third-order valence-electron chi connectivity index (χ3n) is 5.01. The van der Waals surface area contributed by atoms with Crippen LogP contribution in [0.4, 0.5) is 0 Å². The summed E-state index contributed by atoms with van der Waals surface area (Å²) in [6, 6.07) is 7.46. The minimum absolute atomic E-state index is 0.230. The molecule has 1 heterocycles. The number of carbonyl (C=O) groups is 1. The fourth-order valence-electron chi connectivity index (χ4n) is 4.58. The number of benzene rings is 1. The van der Waals surface area contributed by atoms with Gasteiger partial charge < -0.3 is 4.90 Å². The van der Waals surface area contributed by atoms with E-state index in [-0.39, 0.29) is 11.3 Å². The average molecular weight is 351 g/mol. The minimum Gasteiger partial charge on any atom is -0.345 e. The Bertz CT molecular complexity index is 660. The number of thiocarbonyl (C=S) groups is 1. The largest absolute Gasteiger partial charge is 0.345 e. The number of amides is 1. The second-order valence-corrected chi connectivity index (χ2v) is 8.87. The van der Waals surface area contributed by atoms with E-state index in [0.29, 0.717) is 27.2 Å². The van der Waals surface area contributed by atoms with Crippen molar-refractivity contribution >= 4 is 34.8 Å². The van der Waals surface area contributed by atoms with E-state index in [9.17, 15) is 4.79 Å². The van der Waals surface area contributed by atoms with Crippen LogP contribution in [0.25, 0.3) is 0 Å². The highest BCUT2D eigenvalue weighted by molar-refractivity contribution is 7.80. The standard InChI is InChI=1S/C18H23ClN2OS/c1-17(2)8-12-9-18(3,10-17)11-21(12)16(23)20-15(22)13-6-4-5-7-14(13)19/h4-7,12H,8-11H2,1-3H3,(H,20,22,23)/t12-,18-/m0/s1. The Kier molecular flexibility index (Phi) is 4.18. The van der Waals surface area contributed by atoms with E-state index in [2.05, 4.69) is 31.0 Å². The predicted molar refractivity (Wildman–Crippen MR) is 97.7 cm³/mol. The third-order valence-corrected chi connectivity index (χ3v) is 5.68. The van der Waals surface area contributed by atoms with E-state index < -0.39 is 0 Å².